The van der Waals surface area contributed by atoms with Crippen LogP contribution in [0.1, 0.15) is 48.4 Å². The Labute approximate surface area is 139 Å². The molecule has 23 heavy (non-hydrogen) atoms. The van der Waals surface area contributed by atoms with Crippen molar-refractivity contribution in [1.82, 2.24) is 4.98 Å². The van der Waals surface area contributed by atoms with Crippen LogP contribution >= 0.6 is 0 Å². The van der Waals surface area contributed by atoms with Crippen molar-refractivity contribution in [2.45, 2.75) is 46.0 Å². The number of hydrogen-bond donors (Lipinski definition) is 0. The highest BCUT2D eigenvalue weighted by atomic mass is 14.6. The third-order valence-electron chi connectivity index (χ3n) is 4.59. The third kappa shape index (κ3) is 3.79. The molecule has 0 aliphatic rings. The van der Waals surface area contributed by atoms with Gasteiger partial charge in [0.1, 0.15) is 0 Å². The summed E-state index contributed by atoms with van der Waals surface area (Å²) in [6.45, 7) is 4.44. The maximum absolute atomic E-state index is 4.61. The molecule has 0 radical (unpaired) electrons. The standard InChI is InChI=1S/C22H25N/c1-3-4-5-7-18-10-12-19(13-11-18)16-21-17(2)9-14-20-8-6-15-23-22(20)21/h6,8-15H,3-5,7,16H2,1-2H3. The van der Waals surface area contributed by atoms with Gasteiger partial charge in [0.2, 0.25) is 0 Å². The zero-order valence-electron chi connectivity index (χ0n) is 14.2. The number of nitrogens with zero attached hydrogens (tertiary/aromatic N) is 1. The Balaban J connectivity index is 1.81. The van der Waals surface area contributed by atoms with E-state index < -0.39 is 0 Å². The lowest BCUT2D eigenvalue weighted by Crippen LogP contribution is -1.96. The van der Waals surface area contributed by atoms with E-state index >= 15 is 0 Å². The minimum atomic E-state index is 0.954. The Kier molecular flexibility index (Phi) is 5.07. The monoisotopic (exact) mass is 303 g/mol. The lowest BCUT2D eigenvalue weighted by molar-refractivity contribution is 0.717. The van der Waals surface area contributed by atoms with Crippen LogP contribution in [0.25, 0.3) is 10.9 Å². The molecule has 0 saturated carbocycles. The second kappa shape index (κ2) is 7.41. The first-order valence-electron chi connectivity index (χ1n) is 8.69. The normalized spacial score (nSPS) is 11.0. The third-order valence-corrected chi connectivity index (χ3v) is 4.59. The van der Waals surface area contributed by atoms with Crippen LogP contribution in [0, 0.1) is 6.92 Å². The summed E-state index contributed by atoms with van der Waals surface area (Å²) in [6, 6.07) is 17.7. The molecule has 2 aromatic carbocycles. The van der Waals surface area contributed by atoms with Crippen molar-refractivity contribution in [3.05, 3.63) is 77.0 Å². The number of unbranched alkanes of at least 4 members (excludes halogenated alkanes) is 2. The van der Waals surface area contributed by atoms with Crippen LogP contribution < -0.4 is 0 Å². The molecule has 1 heteroatoms. The molecule has 0 atom stereocenters. The van der Waals surface area contributed by atoms with Gasteiger partial charge in [-0.2, -0.15) is 0 Å². The maximum Gasteiger partial charge on any atom is 0.0739 e. The zero-order chi connectivity index (χ0) is 16.1. The summed E-state index contributed by atoms with van der Waals surface area (Å²) in [7, 11) is 0. The van der Waals surface area contributed by atoms with Crippen LogP contribution in [0.2, 0.25) is 0 Å². The molecule has 0 N–H and O–H groups in total. The summed E-state index contributed by atoms with van der Waals surface area (Å²) in [6.07, 6.45) is 7.94. The van der Waals surface area contributed by atoms with E-state index in [0.29, 0.717) is 0 Å². The number of rotatable bonds is 6. The predicted molar refractivity (Wildman–Crippen MR) is 99.0 cm³/mol. The smallest absolute Gasteiger partial charge is 0.0739 e. The van der Waals surface area contributed by atoms with Crippen LogP contribution in [-0.2, 0) is 12.8 Å². The van der Waals surface area contributed by atoms with Gasteiger partial charge < -0.3 is 0 Å². The fourth-order valence-electron chi connectivity index (χ4n) is 3.14. The minimum Gasteiger partial charge on any atom is -0.256 e. The average molecular weight is 303 g/mol. The van der Waals surface area contributed by atoms with E-state index in [1.807, 2.05) is 12.3 Å². The average Bonchev–Trinajstić information content (AvgIpc) is 2.59. The number of aromatic nitrogens is 1. The van der Waals surface area contributed by atoms with Gasteiger partial charge in [0.15, 0.2) is 0 Å². The summed E-state index contributed by atoms with van der Waals surface area (Å²) >= 11 is 0. The molecule has 0 aliphatic heterocycles. The molecule has 118 valence electrons. The van der Waals surface area contributed by atoms with Gasteiger partial charge in [-0.3, -0.25) is 4.98 Å². The van der Waals surface area contributed by atoms with E-state index in [9.17, 15) is 0 Å². The predicted octanol–water partition coefficient (Wildman–Crippen LogP) is 5.87. The van der Waals surface area contributed by atoms with Gasteiger partial charge in [0, 0.05) is 11.6 Å². The molecule has 0 amide bonds. The van der Waals surface area contributed by atoms with Crippen molar-refractivity contribution in [2.75, 3.05) is 0 Å². The van der Waals surface area contributed by atoms with Gasteiger partial charge in [0.25, 0.3) is 0 Å². The van der Waals surface area contributed by atoms with Gasteiger partial charge in [-0.1, -0.05) is 62.2 Å². The first-order valence-corrected chi connectivity index (χ1v) is 8.69. The fraction of sp³-hybridized carbons (Fsp3) is 0.318. The molecule has 0 spiro atoms. The van der Waals surface area contributed by atoms with Gasteiger partial charge >= 0.3 is 0 Å². The number of aryl methyl sites for hydroxylation is 2. The fourth-order valence-corrected chi connectivity index (χ4v) is 3.14. The molecule has 1 heterocycles. The van der Waals surface area contributed by atoms with Crippen LogP contribution in [-0.4, -0.2) is 4.98 Å². The van der Waals surface area contributed by atoms with E-state index in [4.69, 9.17) is 0 Å². The van der Waals surface area contributed by atoms with E-state index in [1.165, 1.54) is 53.3 Å². The van der Waals surface area contributed by atoms with E-state index in [0.717, 1.165) is 11.9 Å². The highest BCUT2D eigenvalue weighted by Crippen LogP contribution is 2.23. The summed E-state index contributed by atoms with van der Waals surface area (Å²) in [5.41, 5.74) is 6.63. The molecule has 1 nitrogen and oxygen atoms in total. The van der Waals surface area contributed by atoms with E-state index in [-0.39, 0.29) is 0 Å². The Hall–Kier alpha value is -2.15. The summed E-state index contributed by atoms with van der Waals surface area (Å²) in [5, 5.41) is 1.23. The van der Waals surface area contributed by atoms with Crippen LogP contribution in [0.5, 0.6) is 0 Å². The first kappa shape index (κ1) is 15.7. The van der Waals surface area contributed by atoms with E-state index in [2.05, 4.69) is 61.3 Å². The minimum absolute atomic E-state index is 0.954. The van der Waals surface area contributed by atoms with Crippen molar-refractivity contribution in [2.24, 2.45) is 0 Å². The Morgan fingerprint density at radius 1 is 0.870 bits per heavy atom. The number of benzene rings is 2. The molecule has 0 bridgehead atoms. The first-order chi connectivity index (χ1) is 11.3. The van der Waals surface area contributed by atoms with Gasteiger partial charge in [-0.05, 0) is 54.5 Å². The largest absolute Gasteiger partial charge is 0.256 e. The maximum atomic E-state index is 4.61. The van der Waals surface area contributed by atoms with Crippen molar-refractivity contribution in [1.29, 1.82) is 0 Å². The van der Waals surface area contributed by atoms with Crippen LogP contribution in [0.4, 0.5) is 0 Å². The summed E-state index contributed by atoms with van der Waals surface area (Å²) in [4.78, 5) is 4.61. The second-order valence-corrected chi connectivity index (χ2v) is 6.39. The molecule has 0 saturated heterocycles. The zero-order valence-corrected chi connectivity index (χ0v) is 14.2. The van der Waals surface area contributed by atoms with Crippen LogP contribution in [0.15, 0.2) is 54.7 Å². The van der Waals surface area contributed by atoms with E-state index in [1.54, 1.807) is 0 Å². The van der Waals surface area contributed by atoms with Gasteiger partial charge in [0.05, 0.1) is 5.52 Å². The molecular weight excluding hydrogens is 278 g/mol. The number of hydrogen-bond acceptors (Lipinski definition) is 1. The van der Waals surface area contributed by atoms with Gasteiger partial charge in [-0.15, -0.1) is 0 Å². The Bertz CT molecular complexity index is 772. The van der Waals surface area contributed by atoms with Crippen molar-refractivity contribution >= 4 is 10.9 Å². The second-order valence-electron chi connectivity index (χ2n) is 6.39. The molecule has 3 rings (SSSR count). The molecule has 0 unspecified atom stereocenters. The Morgan fingerprint density at radius 3 is 2.43 bits per heavy atom. The van der Waals surface area contributed by atoms with Crippen LogP contribution in [0.3, 0.4) is 0 Å². The summed E-state index contributed by atoms with van der Waals surface area (Å²) < 4.78 is 0. The molecule has 1 aromatic heterocycles. The molecule has 3 aromatic rings. The molecule has 0 aliphatic carbocycles. The number of pyridine rings is 1. The highest BCUT2D eigenvalue weighted by molar-refractivity contribution is 5.83. The number of fused-ring (bicyclic) bond motifs is 1. The van der Waals surface area contributed by atoms with Crippen molar-refractivity contribution in [3.8, 4) is 0 Å². The quantitative estimate of drug-likeness (QED) is 0.519. The molecule has 0 fully saturated rings. The molecular formula is C22H25N. The summed E-state index contributed by atoms with van der Waals surface area (Å²) in [5.74, 6) is 0. The SMILES string of the molecule is CCCCCc1ccc(Cc2c(C)ccc3cccnc23)cc1. The van der Waals surface area contributed by atoms with Crippen molar-refractivity contribution in [3.63, 3.8) is 0 Å². The Morgan fingerprint density at radius 2 is 1.65 bits per heavy atom. The lowest BCUT2D eigenvalue weighted by Gasteiger charge is -2.10. The topological polar surface area (TPSA) is 12.9 Å². The van der Waals surface area contributed by atoms with Crippen molar-refractivity contribution < 1.29 is 0 Å². The van der Waals surface area contributed by atoms with Gasteiger partial charge in [-0.25, -0.2) is 0 Å². The highest BCUT2D eigenvalue weighted by Gasteiger charge is 2.07. The lowest BCUT2D eigenvalue weighted by atomic mass is 9.96.